The molecule has 0 saturated carbocycles. The molecular weight excluding hydrogens is 522 g/mol. The molecule has 0 N–H and O–H groups in total. The first-order valence-corrected chi connectivity index (χ1v) is 10.1. The van der Waals surface area contributed by atoms with Crippen LogP contribution in [0.2, 0.25) is 0 Å². The summed E-state index contributed by atoms with van der Waals surface area (Å²) in [5.41, 5.74) is 1.39. The molecule has 0 amide bonds. The van der Waals surface area contributed by atoms with Gasteiger partial charge in [0.2, 0.25) is 0 Å². The number of fused-ring (bicyclic) bond motifs is 1. The Hall–Kier alpha value is -1.82. The van der Waals surface area contributed by atoms with Crippen molar-refractivity contribution in [1.29, 1.82) is 0 Å². The van der Waals surface area contributed by atoms with Gasteiger partial charge in [0, 0.05) is 25.8 Å². The third-order valence-corrected chi connectivity index (χ3v) is 5.33. The van der Waals surface area contributed by atoms with Crippen molar-refractivity contribution >= 4 is 30.0 Å². The Morgan fingerprint density at radius 2 is 1.61 bits per heavy atom. The van der Waals surface area contributed by atoms with Gasteiger partial charge in [0.1, 0.15) is 0 Å². The third-order valence-electron chi connectivity index (χ3n) is 3.93. The van der Waals surface area contributed by atoms with E-state index < -0.39 is 0 Å². The van der Waals surface area contributed by atoms with Crippen molar-refractivity contribution in [1.82, 2.24) is 0 Å². The van der Waals surface area contributed by atoms with Crippen molar-refractivity contribution in [2.75, 3.05) is 0 Å². The first-order chi connectivity index (χ1) is 13.2. The van der Waals surface area contributed by atoms with E-state index in [4.69, 9.17) is 0 Å². The first-order valence-electron chi connectivity index (χ1n) is 9.13. The fourth-order valence-electron chi connectivity index (χ4n) is 2.55. The Morgan fingerprint density at radius 1 is 0.929 bits per heavy atom. The summed E-state index contributed by atoms with van der Waals surface area (Å²) < 4.78 is 0. The molecule has 0 aromatic heterocycles. The zero-order chi connectivity index (χ0) is 19.3. The number of benzene rings is 2. The molecule has 4 rings (SSSR count). The molecule has 4 aromatic rings. The van der Waals surface area contributed by atoms with E-state index >= 15 is 0 Å². The largest absolute Gasteiger partial charge is 0.214 e. The predicted molar refractivity (Wildman–Crippen MR) is 125 cm³/mol. The van der Waals surface area contributed by atoms with Crippen LogP contribution in [0.15, 0.2) is 116 Å². The molecule has 2 heteroatoms. The van der Waals surface area contributed by atoms with Crippen LogP contribution in [0, 0.1) is 6.92 Å². The van der Waals surface area contributed by atoms with Crippen LogP contribution in [0.25, 0.3) is 10.8 Å². The molecule has 0 heterocycles. The van der Waals surface area contributed by atoms with Crippen molar-refractivity contribution in [3.63, 3.8) is 0 Å². The van der Waals surface area contributed by atoms with Gasteiger partial charge in [0.05, 0.1) is 0 Å². The minimum absolute atomic E-state index is 0. The van der Waals surface area contributed by atoms with E-state index in [1.807, 2.05) is 49.4 Å². The molecule has 0 bridgehead atoms. The first kappa shape index (κ1) is 24.2. The third kappa shape index (κ3) is 8.46. The van der Waals surface area contributed by atoms with Crippen LogP contribution >= 0.6 is 8.58 Å². The van der Waals surface area contributed by atoms with Crippen LogP contribution in [0.3, 0.4) is 0 Å². The molecule has 0 saturated heterocycles. The van der Waals surface area contributed by atoms with Crippen LogP contribution in [-0.2, 0) is 25.8 Å². The number of aryl methyl sites for hydroxylation is 1. The van der Waals surface area contributed by atoms with Crippen molar-refractivity contribution in [2.24, 2.45) is 0 Å². The van der Waals surface area contributed by atoms with Crippen molar-refractivity contribution in [3.05, 3.63) is 121 Å². The van der Waals surface area contributed by atoms with Crippen molar-refractivity contribution < 1.29 is 25.8 Å². The van der Waals surface area contributed by atoms with Gasteiger partial charge < -0.3 is 0 Å². The average Bonchev–Trinajstić information content (AvgIpc) is 3.37. The summed E-state index contributed by atoms with van der Waals surface area (Å²) in [5, 5.41) is 5.58. The molecule has 0 radical (unpaired) electrons. The molecule has 1 unspecified atom stereocenters. The standard InChI is InChI=1S/C16H14P.C5H5.C5H8.Hf/c1-12-6-2-5-9-16(12)17-15-10-13-7-3-4-8-14(13)11-15;1-2-4-5-3-1;1-3-5-4-2;/h2-11,17H,1H3;1-5H;3-5H,1H2,2H3;/q2*-1;;. The number of allylic oxidation sites excluding steroid dienone is 3. The van der Waals surface area contributed by atoms with Gasteiger partial charge in [-0.2, -0.15) is 24.3 Å². The minimum atomic E-state index is 0. The molecule has 0 fully saturated rings. The van der Waals surface area contributed by atoms with Gasteiger partial charge >= 0.3 is 0 Å². The maximum Gasteiger partial charge on any atom is 0 e. The number of rotatable bonds is 3. The van der Waals surface area contributed by atoms with Crippen molar-refractivity contribution in [2.45, 2.75) is 13.8 Å². The molecule has 0 aliphatic rings. The van der Waals surface area contributed by atoms with Crippen LogP contribution < -0.4 is 10.6 Å². The van der Waals surface area contributed by atoms with Gasteiger partial charge in [-0.15, -0.1) is 40.3 Å². The summed E-state index contributed by atoms with van der Waals surface area (Å²) >= 11 is 0. The van der Waals surface area contributed by atoms with Gasteiger partial charge in [-0.3, -0.25) is 0 Å². The molecule has 4 aromatic carbocycles. The van der Waals surface area contributed by atoms with E-state index in [2.05, 4.69) is 74.2 Å². The molecule has 142 valence electrons. The Balaban J connectivity index is 0.000000297. The molecule has 0 nitrogen and oxygen atoms in total. The molecule has 0 aliphatic heterocycles. The number of hydrogen-bond acceptors (Lipinski definition) is 0. The van der Waals surface area contributed by atoms with Crippen LogP contribution in [0.4, 0.5) is 0 Å². The summed E-state index contributed by atoms with van der Waals surface area (Å²) in [6, 6.07) is 31.8. The summed E-state index contributed by atoms with van der Waals surface area (Å²) in [5.74, 6) is 0. The second-order valence-corrected chi connectivity index (χ2v) is 7.40. The monoisotopic (exact) mass is 550 g/mol. The van der Waals surface area contributed by atoms with Crippen LogP contribution in [0.1, 0.15) is 12.5 Å². The van der Waals surface area contributed by atoms with Crippen LogP contribution in [0.5, 0.6) is 0 Å². The molecule has 0 spiro atoms. The molecular formula is C26H27HfP-2. The van der Waals surface area contributed by atoms with Gasteiger partial charge in [-0.05, 0) is 24.7 Å². The zero-order valence-electron chi connectivity index (χ0n) is 16.6. The fourth-order valence-corrected chi connectivity index (χ4v) is 3.77. The normalized spacial score (nSPS) is 10.1. The van der Waals surface area contributed by atoms with Gasteiger partial charge in [0.25, 0.3) is 0 Å². The quantitative estimate of drug-likeness (QED) is 0.116. The molecule has 1 atom stereocenters. The Morgan fingerprint density at radius 3 is 2.14 bits per heavy atom. The average molecular weight is 549 g/mol. The predicted octanol–water partition coefficient (Wildman–Crippen LogP) is 6.65. The SMILES string of the molecule is C=CC=CC.Cc1ccccc1Pc1cc2ccccc2[cH-]1.[Hf].c1cc[cH-]c1. The summed E-state index contributed by atoms with van der Waals surface area (Å²) in [6.07, 6.45) is 5.58. The second kappa shape index (κ2) is 14.2. The Kier molecular flexibility index (Phi) is 12.3. The summed E-state index contributed by atoms with van der Waals surface area (Å²) in [7, 11) is 0.759. The summed E-state index contributed by atoms with van der Waals surface area (Å²) in [4.78, 5) is 0. The van der Waals surface area contributed by atoms with E-state index in [0.717, 1.165) is 8.58 Å². The maximum absolute atomic E-state index is 3.46. The molecule has 0 aliphatic carbocycles. The topological polar surface area (TPSA) is 0 Å². The van der Waals surface area contributed by atoms with Crippen molar-refractivity contribution in [3.8, 4) is 0 Å². The van der Waals surface area contributed by atoms with E-state index in [1.54, 1.807) is 6.08 Å². The second-order valence-electron chi connectivity index (χ2n) is 6.04. The minimum Gasteiger partial charge on any atom is -0.214 e. The van der Waals surface area contributed by atoms with Gasteiger partial charge in [-0.1, -0.05) is 63.7 Å². The number of hydrogen-bond donors (Lipinski definition) is 0. The van der Waals surface area contributed by atoms with Crippen LogP contribution in [-0.4, -0.2) is 0 Å². The van der Waals surface area contributed by atoms with E-state index in [9.17, 15) is 0 Å². The zero-order valence-corrected chi connectivity index (χ0v) is 21.2. The van der Waals surface area contributed by atoms with E-state index in [0.29, 0.717) is 0 Å². The molecule has 28 heavy (non-hydrogen) atoms. The van der Waals surface area contributed by atoms with Gasteiger partial charge in [-0.25, -0.2) is 12.1 Å². The van der Waals surface area contributed by atoms with E-state index in [1.165, 1.54) is 26.9 Å². The van der Waals surface area contributed by atoms with E-state index in [-0.39, 0.29) is 25.8 Å². The van der Waals surface area contributed by atoms with Gasteiger partial charge in [0.15, 0.2) is 0 Å². The fraction of sp³-hybridized carbons (Fsp3) is 0.0769. The Bertz CT molecular complexity index is 895. The maximum atomic E-state index is 3.46. The summed E-state index contributed by atoms with van der Waals surface area (Å²) in [6.45, 7) is 7.61. The Labute approximate surface area is 190 Å². The smallest absolute Gasteiger partial charge is 0 e.